The summed E-state index contributed by atoms with van der Waals surface area (Å²) in [6.07, 6.45) is 5.25. The summed E-state index contributed by atoms with van der Waals surface area (Å²) in [5.74, 6) is -14.4. The molecule has 2 aliphatic rings. The van der Waals surface area contributed by atoms with Crippen LogP contribution in [-0.2, 0) is 17.1 Å². The molecule has 12 nitrogen and oxygen atoms in total. The van der Waals surface area contributed by atoms with E-state index in [1.165, 1.54) is 72.8 Å². The molecule has 0 unspecified atom stereocenters. The molecule has 3 aromatic heterocycles. The van der Waals surface area contributed by atoms with Gasteiger partial charge in [-0.25, -0.2) is 55.5 Å². The van der Waals surface area contributed by atoms with E-state index >= 15 is 26.3 Å². The number of rotatable bonds is 8. The second kappa shape index (κ2) is 17.1. The zero-order chi connectivity index (χ0) is 46.9. The molecule has 331 valence electrons. The molecule has 8 bridgehead atoms. The van der Waals surface area contributed by atoms with E-state index in [1.807, 2.05) is 0 Å². The normalized spacial score (nSPS) is 11.7. The average Bonchev–Trinajstić information content (AvgIpc) is 4.11. The molecule has 19 heteroatoms. The quantitative estimate of drug-likeness (QED) is 0.0627. The summed E-state index contributed by atoms with van der Waals surface area (Å²) in [6.45, 7) is 0. The summed E-state index contributed by atoms with van der Waals surface area (Å²) in [6, 6.07) is 14.2. The van der Waals surface area contributed by atoms with Gasteiger partial charge in [0.25, 0.3) is 0 Å². The zero-order valence-electron chi connectivity index (χ0n) is 33.3. The van der Waals surface area contributed by atoms with Crippen molar-refractivity contribution in [3.8, 4) is 44.5 Å². The van der Waals surface area contributed by atoms with Gasteiger partial charge in [-0.3, -0.25) is 0 Å². The monoisotopic (exact) mass is 954 g/mol. The molecule has 7 aromatic rings. The van der Waals surface area contributed by atoms with Crippen molar-refractivity contribution >= 4 is 70.2 Å². The van der Waals surface area contributed by atoms with Gasteiger partial charge < -0.3 is 30.4 Å². The average molecular weight is 955 g/mol. The number of carboxylic acids is 4. The van der Waals surface area contributed by atoms with Gasteiger partial charge in [-0.15, -0.1) is 0 Å². The standard InChI is InChI=1S/C48H24F6N4O8.Fe/c49-24-13-21(46(61)62)14-25(50)39(24)42-32-7-5-30(55-32)38(19-1-3-20(4-2-19)45(59)60)31-6-8-33(56-31)43(40-26(51)15-22(47(63)64)16-27(40)52)35-10-12-37(58-35)44(36-11-9-34(42)57-36)41-28(53)17-23(48(65)66)18-29(41)54;/h1-18,55,58H,(H,59,60)(H,61,62)(H,63,64)(H,65,66);/q;+3. The summed E-state index contributed by atoms with van der Waals surface area (Å²) in [5.41, 5.74) is -6.08. The van der Waals surface area contributed by atoms with E-state index in [0.29, 0.717) is 42.0 Å². The van der Waals surface area contributed by atoms with Crippen molar-refractivity contribution in [2.45, 2.75) is 0 Å². The first-order chi connectivity index (χ1) is 31.5. The fraction of sp³-hybridized carbons (Fsp3) is 0. The second-order valence-corrected chi connectivity index (χ2v) is 14.7. The largest absolute Gasteiger partial charge is 3.00 e. The van der Waals surface area contributed by atoms with Crippen molar-refractivity contribution in [1.29, 1.82) is 0 Å². The van der Waals surface area contributed by atoms with E-state index in [1.54, 1.807) is 0 Å². The van der Waals surface area contributed by atoms with Gasteiger partial charge in [0.1, 0.15) is 34.9 Å². The second-order valence-electron chi connectivity index (χ2n) is 14.7. The number of carbonyl (C=O) groups is 4. The summed E-state index contributed by atoms with van der Waals surface area (Å²) in [7, 11) is 0. The maximum Gasteiger partial charge on any atom is 3.00 e. The number of hydrogen-bond donors (Lipinski definition) is 6. The number of H-pyrrole nitrogens is 2. The maximum atomic E-state index is 16.2. The topological polar surface area (TPSA) is 207 Å². The number of aromatic nitrogens is 4. The molecular formula is C48H24F6FeN4O8+3. The van der Waals surface area contributed by atoms with Crippen molar-refractivity contribution in [1.82, 2.24) is 19.9 Å². The van der Waals surface area contributed by atoms with Crippen LogP contribution < -0.4 is 0 Å². The SMILES string of the molecule is O=C(O)c1ccc(-c2c3nc(c(-c4c(F)cc(C(=O)O)cc4F)c4ccc([nH]4)c(-c4c(F)cc(C(=O)O)cc4F)c4nc(c(-c5c(F)cc(C(=O)O)cc5F)c5ccc2[nH]5)C=C4)C=C3)cc1.[Fe+3]. The molecule has 67 heavy (non-hydrogen) atoms. The van der Waals surface area contributed by atoms with Crippen molar-refractivity contribution in [3.63, 3.8) is 0 Å². The number of carboxylic acid groups (broad SMARTS) is 4. The smallest absolute Gasteiger partial charge is 0.478 e. The van der Waals surface area contributed by atoms with Crippen LogP contribution in [0.4, 0.5) is 26.3 Å². The van der Waals surface area contributed by atoms with Crippen LogP contribution in [0.3, 0.4) is 0 Å². The maximum absolute atomic E-state index is 16.2. The predicted octanol–water partition coefficient (Wildman–Crippen LogP) is 10.9. The number of hydrogen-bond acceptors (Lipinski definition) is 6. The van der Waals surface area contributed by atoms with Crippen LogP contribution in [-0.4, -0.2) is 64.2 Å². The Balaban J connectivity index is 0.00000608. The molecule has 2 aliphatic heterocycles. The number of aromatic amines is 2. The fourth-order valence-corrected chi connectivity index (χ4v) is 7.88. The third kappa shape index (κ3) is 7.91. The first-order valence-corrected chi connectivity index (χ1v) is 19.2. The van der Waals surface area contributed by atoms with Crippen molar-refractivity contribution in [2.24, 2.45) is 0 Å². The molecule has 4 aromatic carbocycles. The van der Waals surface area contributed by atoms with Crippen molar-refractivity contribution in [3.05, 3.63) is 165 Å². The van der Waals surface area contributed by atoms with E-state index in [-0.39, 0.29) is 84.2 Å². The minimum Gasteiger partial charge on any atom is -0.478 e. The van der Waals surface area contributed by atoms with Gasteiger partial charge in [0.05, 0.1) is 61.7 Å². The molecule has 0 spiro atoms. The van der Waals surface area contributed by atoms with Crippen LogP contribution in [0.15, 0.2) is 84.9 Å². The number of benzene rings is 4. The molecule has 0 amide bonds. The molecule has 6 N–H and O–H groups in total. The van der Waals surface area contributed by atoms with Crippen molar-refractivity contribution < 1.29 is 83.0 Å². The van der Waals surface area contributed by atoms with Crippen LogP contribution in [0.1, 0.15) is 64.2 Å². The van der Waals surface area contributed by atoms with E-state index in [0.717, 1.165) is 0 Å². The Kier molecular flexibility index (Phi) is 11.5. The molecule has 0 saturated heterocycles. The van der Waals surface area contributed by atoms with E-state index in [4.69, 9.17) is 4.98 Å². The Morgan fingerprint density at radius 1 is 0.358 bits per heavy atom. The Labute approximate surface area is 381 Å². The zero-order valence-corrected chi connectivity index (χ0v) is 34.4. The summed E-state index contributed by atoms with van der Waals surface area (Å²) < 4.78 is 97.1. The van der Waals surface area contributed by atoms with Crippen LogP contribution in [0.5, 0.6) is 0 Å². The van der Waals surface area contributed by atoms with Crippen LogP contribution in [0.25, 0.3) is 90.9 Å². The Morgan fingerprint density at radius 2 is 0.612 bits per heavy atom. The molecule has 5 heterocycles. The van der Waals surface area contributed by atoms with Crippen LogP contribution >= 0.6 is 0 Å². The summed E-state index contributed by atoms with van der Waals surface area (Å²) in [5, 5.41) is 38.3. The van der Waals surface area contributed by atoms with E-state index in [9.17, 15) is 39.6 Å². The van der Waals surface area contributed by atoms with Gasteiger partial charge in [-0.2, -0.15) is 0 Å². The van der Waals surface area contributed by atoms with Gasteiger partial charge in [-0.05, 0) is 103 Å². The molecule has 0 aliphatic carbocycles. The molecular weight excluding hydrogens is 930 g/mol. The van der Waals surface area contributed by atoms with Gasteiger partial charge >= 0.3 is 40.9 Å². The predicted molar refractivity (Wildman–Crippen MR) is 228 cm³/mol. The van der Waals surface area contributed by atoms with E-state index < -0.39 is 97.7 Å². The van der Waals surface area contributed by atoms with Gasteiger partial charge in [0.15, 0.2) is 0 Å². The minimum absolute atomic E-state index is 0. The Hall–Kier alpha value is -8.54. The number of aromatic carboxylic acids is 4. The molecule has 1 radical (unpaired) electrons. The van der Waals surface area contributed by atoms with Crippen LogP contribution in [0.2, 0.25) is 0 Å². The molecule has 0 saturated carbocycles. The summed E-state index contributed by atoms with van der Waals surface area (Å²) >= 11 is 0. The third-order valence-corrected chi connectivity index (χ3v) is 10.8. The van der Waals surface area contributed by atoms with Crippen LogP contribution in [0, 0.1) is 34.9 Å². The minimum atomic E-state index is -1.67. The first kappa shape index (κ1) is 45.0. The molecule has 0 fully saturated rings. The third-order valence-electron chi connectivity index (χ3n) is 10.8. The number of fused-ring (bicyclic) bond motifs is 8. The van der Waals surface area contributed by atoms with E-state index in [2.05, 4.69) is 15.0 Å². The molecule has 0 atom stereocenters. The fourth-order valence-electron chi connectivity index (χ4n) is 7.88. The number of halogens is 6. The van der Waals surface area contributed by atoms with Gasteiger partial charge in [0, 0.05) is 44.3 Å². The number of nitrogens with zero attached hydrogens (tertiary/aromatic N) is 2. The Morgan fingerprint density at radius 3 is 0.881 bits per heavy atom. The van der Waals surface area contributed by atoms with Gasteiger partial charge in [-0.1, -0.05) is 12.1 Å². The first-order valence-electron chi connectivity index (χ1n) is 19.2. The Bertz CT molecular complexity index is 3450. The molecule has 9 rings (SSSR count). The van der Waals surface area contributed by atoms with Gasteiger partial charge in [0.2, 0.25) is 0 Å². The number of nitrogens with one attached hydrogen (secondary N) is 2. The summed E-state index contributed by atoms with van der Waals surface area (Å²) in [4.78, 5) is 62.5. The van der Waals surface area contributed by atoms with Crippen molar-refractivity contribution in [2.75, 3.05) is 0 Å².